The van der Waals surface area contributed by atoms with Crippen LogP contribution >= 0.6 is 0 Å². The second-order valence-electron chi connectivity index (χ2n) is 3.43. The molecule has 15 heavy (non-hydrogen) atoms. The largest absolute Gasteiger partial charge is 0.409 e. The smallest absolute Gasteiger partial charge is 0.312 e. The number of aromatic nitrogens is 1. The fraction of sp³-hybridized carbons (Fsp3) is 0.250. The van der Waals surface area contributed by atoms with E-state index in [0.717, 1.165) is 10.9 Å². The van der Waals surface area contributed by atoms with Crippen molar-refractivity contribution >= 4 is 16.9 Å². The maximum atomic E-state index is 11.2. The quantitative estimate of drug-likeness (QED) is 0.702. The zero-order valence-corrected chi connectivity index (χ0v) is 8.86. The van der Waals surface area contributed by atoms with E-state index in [1.54, 1.807) is 6.92 Å². The molecule has 0 aliphatic carbocycles. The molecule has 1 aromatic heterocycles. The summed E-state index contributed by atoms with van der Waals surface area (Å²) in [6.07, 6.45) is 0.390. The van der Waals surface area contributed by atoms with Gasteiger partial charge in [0.15, 0.2) is 0 Å². The Balaban J connectivity index is 2.44. The number of para-hydroxylation sites is 1. The van der Waals surface area contributed by atoms with Crippen LogP contribution in [-0.4, -0.2) is 10.5 Å². The van der Waals surface area contributed by atoms with Crippen LogP contribution in [0.4, 0.5) is 0 Å². The van der Waals surface area contributed by atoms with Crippen LogP contribution in [0.1, 0.15) is 13.3 Å². The third-order valence-electron chi connectivity index (χ3n) is 2.41. The highest BCUT2D eigenvalue weighted by molar-refractivity contribution is 5.83. The maximum Gasteiger partial charge on any atom is 0.312 e. The summed E-state index contributed by atoms with van der Waals surface area (Å²) >= 11 is 0. The molecule has 0 radical (unpaired) electrons. The highest BCUT2D eigenvalue weighted by atomic mass is 16.5. The summed E-state index contributed by atoms with van der Waals surface area (Å²) in [5.41, 5.74) is 1.07. The van der Waals surface area contributed by atoms with Crippen molar-refractivity contribution in [2.45, 2.75) is 13.3 Å². The number of rotatable bonds is 2. The van der Waals surface area contributed by atoms with Crippen LogP contribution in [0.2, 0.25) is 0 Å². The molecule has 3 nitrogen and oxygen atoms in total. The standard InChI is InChI=1S/C12H13NO2/c1-3-12(14)15-11-8-9-6-4-5-7-10(9)13(11)2/h4-8H,3H2,1-2H3. The van der Waals surface area contributed by atoms with Gasteiger partial charge in [-0.05, 0) is 6.07 Å². The fourth-order valence-electron chi connectivity index (χ4n) is 1.55. The Morgan fingerprint density at radius 2 is 2.13 bits per heavy atom. The molecule has 0 aliphatic rings. The lowest BCUT2D eigenvalue weighted by atomic mass is 10.2. The molecule has 0 atom stereocenters. The van der Waals surface area contributed by atoms with E-state index in [-0.39, 0.29) is 5.97 Å². The van der Waals surface area contributed by atoms with Gasteiger partial charge in [0.25, 0.3) is 0 Å². The molecular weight excluding hydrogens is 190 g/mol. The molecule has 1 aromatic carbocycles. The van der Waals surface area contributed by atoms with Gasteiger partial charge >= 0.3 is 5.97 Å². The van der Waals surface area contributed by atoms with Crippen LogP contribution in [0.15, 0.2) is 30.3 Å². The van der Waals surface area contributed by atoms with E-state index in [1.165, 1.54) is 0 Å². The van der Waals surface area contributed by atoms with Gasteiger partial charge in [-0.3, -0.25) is 4.79 Å². The van der Waals surface area contributed by atoms with Gasteiger partial charge in [0, 0.05) is 24.9 Å². The Hall–Kier alpha value is -1.77. The van der Waals surface area contributed by atoms with E-state index < -0.39 is 0 Å². The van der Waals surface area contributed by atoms with E-state index in [0.29, 0.717) is 12.3 Å². The van der Waals surface area contributed by atoms with E-state index in [1.807, 2.05) is 41.9 Å². The zero-order chi connectivity index (χ0) is 10.8. The van der Waals surface area contributed by atoms with Crippen molar-refractivity contribution in [2.75, 3.05) is 0 Å². The lowest BCUT2D eigenvalue weighted by Gasteiger charge is -2.03. The highest BCUT2D eigenvalue weighted by Crippen LogP contribution is 2.23. The molecule has 2 rings (SSSR count). The molecule has 2 aromatic rings. The van der Waals surface area contributed by atoms with E-state index >= 15 is 0 Å². The van der Waals surface area contributed by atoms with Crippen LogP contribution in [0, 0.1) is 0 Å². The summed E-state index contributed by atoms with van der Waals surface area (Å²) in [5.74, 6) is 0.393. The Bertz CT molecular complexity index is 499. The topological polar surface area (TPSA) is 31.2 Å². The Kier molecular flexibility index (Phi) is 2.46. The highest BCUT2D eigenvalue weighted by Gasteiger charge is 2.08. The number of esters is 1. The molecule has 0 amide bonds. The summed E-state index contributed by atoms with van der Waals surface area (Å²) < 4.78 is 7.08. The minimum absolute atomic E-state index is 0.207. The second-order valence-corrected chi connectivity index (χ2v) is 3.43. The predicted molar refractivity (Wildman–Crippen MR) is 58.8 cm³/mol. The summed E-state index contributed by atoms with van der Waals surface area (Å²) in [7, 11) is 1.89. The summed E-state index contributed by atoms with van der Waals surface area (Å²) in [5, 5.41) is 1.08. The van der Waals surface area contributed by atoms with E-state index in [9.17, 15) is 4.79 Å². The van der Waals surface area contributed by atoms with Crippen LogP contribution < -0.4 is 4.74 Å². The molecule has 0 fully saturated rings. The number of carbonyl (C=O) groups is 1. The number of hydrogen-bond acceptors (Lipinski definition) is 2. The summed E-state index contributed by atoms with van der Waals surface area (Å²) in [4.78, 5) is 11.2. The van der Waals surface area contributed by atoms with Crippen molar-refractivity contribution in [1.29, 1.82) is 0 Å². The first-order valence-electron chi connectivity index (χ1n) is 4.97. The number of carbonyl (C=O) groups excluding carboxylic acids is 1. The minimum atomic E-state index is -0.207. The molecule has 0 bridgehead atoms. The van der Waals surface area contributed by atoms with Gasteiger partial charge in [-0.25, -0.2) is 0 Å². The van der Waals surface area contributed by atoms with Gasteiger partial charge in [0.2, 0.25) is 5.88 Å². The Morgan fingerprint density at radius 1 is 1.40 bits per heavy atom. The molecule has 0 saturated carbocycles. The molecule has 0 N–H and O–H groups in total. The molecule has 1 heterocycles. The normalized spacial score (nSPS) is 10.5. The lowest BCUT2D eigenvalue weighted by molar-refractivity contribution is -0.134. The van der Waals surface area contributed by atoms with Crippen LogP contribution in [0.5, 0.6) is 5.88 Å². The van der Waals surface area contributed by atoms with Gasteiger partial charge < -0.3 is 9.30 Å². The van der Waals surface area contributed by atoms with Crippen molar-refractivity contribution in [1.82, 2.24) is 4.57 Å². The lowest BCUT2D eigenvalue weighted by Crippen LogP contribution is -2.08. The van der Waals surface area contributed by atoms with Crippen LogP contribution in [-0.2, 0) is 11.8 Å². The number of aryl methyl sites for hydroxylation is 1. The third kappa shape index (κ3) is 1.73. The van der Waals surface area contributed by atoms with Gasteiger partial charge in [-0.1, -0.05) is 25.1 Å². The number of fused-ring (bicyclic) bond motifs is 1. The molecular formula is C12H13NO2. The number of nitrogens with zero attached hydrogens (tertiary/aromatic N) is 1. The monoisotopic (exact) mass is 203 g/mol. The second kappa shape index (κ2) is 3.77. The van der Waals surface area contributed by atoms with Crippen molar-refractivity contribution in [3.8, 4) is 5.88 Å². The first-order valence-corrected chi connectivity index (χ1v) is 4.97. The Labute approximate surface area is 88.3 Å². The average molecular weight is 203 g/mol. The molecule has 0 unspecified atom stereocenters. The molecule has 3 heteroatoms. The van der Waals surface area contributed by atoms with Crippen LogP contribution in [0.25, 0.3) is 10.9 Å². The molecule has 78 valence electrons. The minimum Gasteiger partial charge on any atom is -0.409 e. The summed E-state index contributed by atoms with van der Waals surface area (Å²) in [6, 6.07) is 9.81. The van der Waals surface area contributed by atoms with Gasteiger partial charge in [-0.15, -0.1) is 0 Å². The maximum absolute atomic E-state index is 11.2. The number of benzene rings is 1. The van der Waals surface area contributed by atoms with E-state index in [2.05, 4.69) is 0 Å². The van der Waals surface area contributed by atoms with Crippen molar-refractivity contribution in [3.05, 3.63) is 30.3 Å². The zero-order valence-electron chi connectivity index (χ0n) is 8.86. The van der Waals surface area contributed by atoms with Gasteiger partial charge in [0.1, 0.15) is 0 Å². The predicted octanol–water partition coefficient (Wildman–Crippen LogP) is 2.49. The Morgan fingerprint density at radius 3 is 2.80 bits per heavy atom. The van der Waals surface area contributed by atoms with Crippen molar-refractivity contribution in [2.24, 2.45) is 7.05 Å². The van der Waals surface area contributed by atoms with Gasteiger partial charge in [0.05, 0.1) is 5.52 Å². The molecule has 0 aliphatic heterocycles. The number of ether oxygens (including phenoxy) is 1. The number of hydrogen-bond donors (Lipinski definition) is 0. The SMILES string of the molecule is CCC(=O)Oc1cc2ccccc2n1C. The first kappa shape index (κ1) is 9.77. The fourth-order valence-corrected chi connectivity index (χ4v) is 1.55. The average Bonchev–Trinajstić information content (AvgIpc) is 2.57. The molecule has 0 saturated heterocycles. The van der Waals surface area contributed by atoms with Crippen molar-refractivity contribution in [3.63, 3.8) is 0 Å². The third-order valence-corrected chi connectivity index (χ3v) is 2.41. The molecule has 0 spiro atoms. The first-order chi connectivity index (χ1) is 7.22. The van der Waals surface area contributed by atoms with Crippen LogP contribution in [0.3, 0.4) is 0 Å². The van der Waals surface area contributed by atoms with Gasteiger partial charge in [-0.2, -0.15) is 0 Å². The summed E-state index contributed by atoms with van der Waals surface area (Å²) in [6.45, 7) is 1.78. The van der Waals surface area contributed by atoms with E-state index in [4.69, 9.17) is 4.74 Å². The van der Waals surface area contributed by atoms with Crippen molar-refractivity contribution < 1.29 is 9.53 Å².